The topological polar surface area (TPSA) is 82.0 Å². The Labute approximate surface area is 134 Å². The molecule has 118 valence electrons. The molecule has 6 nitrogen and oxygen atoms in total. The molecule has 6 heteroatoms. The van der Waals surface area contributed by atoms with Crippen molar-refractivity contribution in [2.45, 2.75) is 0 Å². The first-order valence-corrected chi connectivity index (χ1v) is 6.91. The van der Waals surface area contributed by atoms with E-state index in [4.69, 9.17) is 5.11 Å². The van der Waals surface area contributed by atoms with Crippen LogP contribution in [0.15, 0.2) is 53.6 Å². The second-order valence-electron chi connectivity index (χ2n) is 5.07. The molecule has 2 N–H and O–H groups in total. The highest BCUT2D eigenvalue weighted by atomic mass is 16.4. The van der Waals surface area contributed by atoms with Crippen molar-refractivity contribution in [2.24, 2.45) is 5.10 Å². The number of aromatic carboxylic acids is 1. The number of hydrazone groups is 1. The largest absolute Gasteiger partial charge is 0.478 e. The van der Waals surface area contributed by atoms with E-state index < -0.39 is 5.97 Å². The fraction of sp³-hybridized carbons (Fsp3) is 0.118. The summed E-state index contributed by atoms with van der Waals surface area (Å²) < 4.78 is 0. The Morgan fingerprint density at radius 1 is 1.00 bits per heavy atom. The van der Waals surface area contributed by atoms with E-state index in [-0.39, 0.29) is 11.5 Å². The van der Waals surface area contributed by atoms with Crippen LogP contribution in [0.2, 0.25) is 0 Å². The van der Waals surface area contributed by atoms with Crippen molar-refractivity contribution in [1.82, 2.24) is 5.43 Å². The van der Waals surface area contributed by atoms with Gasteiger partial charge in [0, 0.05) is 25.3 Å². The zero-order chi connectivity index (χ0) is 16.8. The molecule has 2 aromatic carbocycles. The molecule has 1 amide bonds. The van der Waals surface area contributed by atoms with Crippen LogP contribution in [0.5, 0.6) is 0 Å². The highest BCUT2D eigenvalue weighted by Crippen LogP contribution is 2.12. The number of amides is 1. The number of rotatable bonds is 5. The second kappa shape index (κ2) is 7.22. The van der Waals surface area contributed by atoms with Crippen molar-refractivity contribution in [1.29, 1.82) is 0 Å². The second-order valence-corrected chi connectivity index (χ2v) is 5.07. The molecule has 0 aliphatic heterocycles. The standard InChI is InChI=1S/C17H17N3O3/c1-20(2)15-9-7-13(8-10-15)16(21)19-18-11-12-3-5-14(6-4-12)17(22)23/h3-11H,1-2H3,(H,19,21)(H,22,23). The lowest BCUT2D eigenvalue weighted by atomic mass is 10.1. The van der Waals surface area contributed by atoms with Gasteiger partial charge in [0.05, 0.1) is 11.8 Å². The molecule has 0 aromatic heterocycles. The minimum Gasteiger partial charge on any atom is -0.478 e. The Morgan fingerprint density at radius 2 is 1.57 bits per heavy atom. The molecule has 0 atom stereocenters. The van der Waals surface area contributed by atoms with Crippen molar-refractivity contribution < 1.29 is 14.7 Å². The summed E-state index contributed by atoms with van der Waals surface area (Å²) in [6.07, 6.45) is 1.46. The Balaban J connectivity index is 1.96. The summed E-state index contributed by atoms with van der Waals surface area (Å²) in [5.41, 5.74) is 4.84. The van der Waals surface area contributed by atoms with E-state index in [2.05, 4.69) is 10.5 Å². The Bertz CT molecular complexity index is 720. The minimum atomic E-state index is -0.983. The fourth-order valence-corrected chi connectivity index (χ4v) is 1.85. The zero-order valence-corrected chi connectivity index (χ0v) is 12.9. The van der Waals surface area contributed by atoms with Crippen LogP contribution in [-0.2, 0) is 0 Å². The van der Waals surface area contributed by atoms with Gasteiger partial charge in [0.25, 0.3) is 5.91 Å². The molecule has 0 fully saturated rings. The third-order valence-electron chi connectivity index (χ3n) is 3.18. The molecule has 23 heavy (non-hydrogen) atoms. The first-order valence-electron chi connectivity index (χ1n) is 6.91. The highest BCUT2D eigenvalue weighted by molar-refractivity contribution is 5.95. The van der Waals surface area contributed by atoms with Crippen LogP contribution < -0.4 is 10.3 Å². The molecular weight excluding hydrogens is 294 g/mol. The van der Waals surface area contributed by atoms with E-state index in [1.54, 1.807) is 24.3 Å². The van der Waals surface area contributed by atoms with Gasteiger partial charge in [0.1, 0.15) is 0 Å². The first kappa shape index (κ1) is 16.2. The van der Waals surface area contributed by atoms with Gasteiger partial charge in [-0.05, 0) is 42.0 Å². The summed E-state index contributed by atoms with van der Waals surface area (Å²) in [6, 6.07) is 13.3. The zero-order valence-electron chi connectivity index (χ0n) is 12.9. The van der Waals surface area contributed by atoms with E-state index in [1.165, 1.54) is 18.3 Å². The number of benzene rings is 2. The van der Waals surface area contributed by atoms with Crippen molar-refractivity contribution in [3.63, 3.8) is 0 Å². The van der Waals surface area contributed by atoms with Gasteiger partial charge in [0.2, 0.25) is 0 Å². The number of carbonyl (C=O) groups excluding carboxylic acids is 1. The van der Waals surface area contributed by atoms with Gasteiger partial charge in [-0.1, -0.05) is 12.1 Å². The maximum Gasteiger partial charge on any atom is 0.335 e. The highest BCUT2D eigenvalue weighted by Gasteiger charge is 2.04. The van der Waals surface area contributed by atoms with E-state index in [1.807, 2.05) is 31.1 Å². The van der Waals surface area contributed by atoms with Crippen LogP contribution in [0, 0.1) is 0 Å². The number of nitrogens with zero attached hydrogens (tertiary/aromatic N) is 2. The lowest BCUT2D eigenvalue weighted by Gasteiger charge is -2.12. The summed E-state index contributed by atoms with van der Waals surface area (Å²) in [4.78, 5) is 24.6. The van der Waals surface area contributed by atoms with Gasteiger partial charge >= 0.3 is 5.97 Å². The molecule has 0 aliphatic rings. The normalized spacial score (nSPS) is 10.5. The SMILES string of the molecule is CN(C)c1ccc(C(=O)NN=Cc2ccc(C(=O)O)cc2)cc1. The van der Waals surface area contributed by atoms with Crippen LogP contribution in [0.4, 0.5) is 5.69 Å². The monoisotopic (exact) mass is 311 g/mol. The van der Waals surface area contributed by atoms with Crippen LogP contribution >= 0.6 is 0 Å². The van der Waals surface area contributed by atoms with E-state index >= 15 is 0 Å². The number of hydrogen-bond donors (Lipinski definition) is 2. The van der Waals surface area contributed by atoms with Gasteiger partial charge in [0.15, 0.2) is 0 Å². The number of anilines is 1. The lowest BCUT2D eigenvalue weighted by Crippen LogP contribution is -2.18. The third-order valence-corrected chi connectivity index (χ3v) is 3.18. The van der Waals surface area contributed by atoms with Crippen molar-refractivity contribution in [2.75, 3.05) is 19.0 Å². The molecule has 0 saturated heterocycles. The average molecular weight is 311 g/mol. The number of carboxylic acids is 1. The number of carboxylic acid groups (broad SMARTS) is 1. The molecule has 0 spiro atoms. The number of hydrogen-bond acceptors (Lipinski definition) is 4. The molecule has 0 aliphatic carbocycles. The van der Waals surface area contributed by atoms with E-state index in [0.717, 1.165) is 5.69 Å². The number of carbonyl (C=O) groups is 2. The predicted molar refractivity (Wildman–Crippen MR) is 89.2 cm³/mol. The Kier molecular flexibility index (Phi) is 5.09. The minimum absolute atomic E-state index is 0.201. The molecule has 0 radical (unpaired) electrons. The molecular formula is C17H17N3O3. The smallest absolute Gasteiger partial charge is 0.335 e. The van der Waals surface area contributed by atoms with Crippen LogP contribution in [0.3, 0.4) is 0 Å². The molecule has 2 rings (SSSR count). The summed E-state index contributed by atoms with van der Waals surface area (Å²) in [5, 5.41) is 12.7. The van der Waals surface area contributed by atoms with E-state index in [0.29, 0.717) is 11.1 Å². The lowest BCUT2D eigenvalue weighted by molar-refractivity contribution is 0.0696. The van der Waals surface area contributed by atoms with Crippen LogP contribution in [0.25, 0.3) is 0 Å². The van der Waals surface area contributed by atoms with Crippen molar-refractivity contribution >= 4 is 23.8 Å². The Hall–Kier alpha value is -3.15. The molecule has 0 bridgehead atoms. The van der Waals surface area contributed by atoms with E-state index in [9.17, 15) is 9.59 Å². The maximum atomic E-state index is 11.9. The van der Waals surface area contributed by atoms with Crippen molar-refractivity contribution in [3.05, 3.63) is 65.2 Å². The summed E-state index contributed by atoms with van der Waals surface area (Å²) in [5.74, 6) is -1.29. The predicted octanol–water partition coefficient (Wildman–Crippen LogP) is 2.21. The number of nitrogens with one attached hydrogen (secondary N) is 1. The van der Waals surface area contributed by atoms with Gasteiger partial charge in [-0.25, -0.2) is 10.2 Å². The first-order chi connectivity index (χ1) is 11.0. The van der Waals surface area contributed by atoms with Crippen LogP contribution in [-0.4, -0.2) is 37.3 Å². The summed E-state index contributed by atoms with van der Waals surface area (Å²) in [6.45, 7) is 0. The third kappa shape index (κ3) is 4.41. The van der Waals surface area contributed by atoms with Gasteiger partial charge in [-0.3, -0.25) is 4.79 Å². The Morgan fingerprint density at radius 3 is 2.09 bits per heavy atom. The molecule has 0 unspecified atom stereocenters. The average Bonchev–Trinajstić information content (AvgIpc) is 2.55. The van der Waals surface area contributed by atoms with Crippen LogP contribution in [0.1, 0.15) is 26.3 Å². The summed E-state index contributed by atoms with van der Waals surface area (Å²) >= 11 is 0. The maximum absolute atomic E-state index is 11.9. The van der Waals surface area contributed by atoms with Crippen molar-refractivity contribution in [3.8, 4) is 0 Å². The fourth-order valence-electron chi connectivity index (χ4n) is 1.85. The van der Waals surface area contributed by atoms with Gasteiger partial charge in [-0.15, -0.1) is 0 Å². The molecule has 0 saturated carbocycles. The van der Waals surface area contributed by atoms with Gasteiger partial charge in [-0.2, -0.15) is 5.10 Å². The van der Waals surface area contributed by atoms with Gasteiger partial charge < -0.3 is 10.0 Å². The summed E-state index contributed by atoms with van der Waals surface area (Å²) in [7, 11) is 3.85. The molecule has 2 aromatic rings. The quantitative estimate of drug-likeness (QED) is 0.655. The molecule has 0 heterocycles.